The Balaban J connectivity index is 1.58. The zero-order valence-electron chi connectivity index (χ0n) is 13.0. The van der Waals surface area contributed by atoms with Crippen LogP contribution in [0.2, 0.25) is 5.02 Å². The van der Waals surface area contributed by atoms with E-state index < -0.39 is 0 Å². The van der Waals surface area contributed by atoms with E-state index in [-0.39, 0.29) is 0 Å². The summed E-state index contributed by atoms with van der Waals surface area (Å²) in [5.74, 6) is 0. The first-order chi connectivity index (χ1) is 11.2. The van der Waals surface area contributed by atoms with Crippen LogP contribution in [0.4, 0.5) is 5.13 Å². The number of hydrogen-bond donors (Lipinski definition) is 1. The summed E-state index contributed by atoms with van der Waals surface area (Å²) in [7, 11) is 0. The summed E-state index contributed by atoms with van der Waals surface area (Å²) in [6, 6.07) is 7.88. The van der Waals surface area contributed by atoms with Crippen LogP contribution < -0.4 is 5.32 Å². The lowest BCUT2D eigenvalue weighted by Gasteiger charge is -2.24. The molecule has 0 atom stereocenters. The monoisotopic (exact) mass is 345 g/mol. The molecule has 0 bridgehead atoms. The molecule has 3 nitrogen and oxygen atoms in total. The molecule has 1 aromatic carbocycles. The van der Waals surface area contributed by atoms with Crippen LogP contribution in [0.15, 0.2) is 48.4 Å². The number of anilines is 1. The SMILES string of the molecule is C=CCN1CC=C(c2csc(NCc3ccc(Cl)cc3)n2)CC1. The quantitative estimate of drug-likeness (QED) is 0.770. The number of thiazole rings is 1. The molecule has 0 unspecified atom stereocenters. The number of rotatable bonds is 6. The maximum absolute atomic E-state index is 5.90. The van der Waals surface area contributed by atoms with Gasteiger partial charge in [0.15, 0.2) is 5.13 Å². The van der Waals surface area contributed by atoms with Gasteiger partial charge in [0.25, 0.3) is 0 Å². The number of halogens is 1. The molecule has 0 amide bonds. The highest BCUT2D eigenvalue weighted by Crippen LogP contribution is 2.26. The summed E-state index contributed by atoms with van der Waals surface area (Å²) < 4.78 is 0. The van der Waals surface area contributed by atoms with Crippen molar-refractivity contribution in [3.63, 3.8) is 0 Å². The summed E-state index contributed by atoms with van der Waals surface area (Å²) in [4.78, 5) is 7.09. The third kappa shape index (κ3) is 4.44. The smallest absolute Gasteiger partial charge is 0.183 e. The molecular formula is C18H20ClN3S. The Morgan fingerprint density at radius 3 is 2.87 bits per heavy atom. The van der Waals surface area contributed by atoms with Gasteiger partial charge in [-0.3, -0.25) is 4.90 Å². The number of aromatic nitrogens is 1. The Bertz CT molecular complexity index is 691. The van der Waals surface area contributed by atoms with Crippen molar-refractivity contribution in [2.45, 2.75) is 13.0 Å². The van der Waals surface area contributed by atoms with Crippen molar-refractivity contribution in [1.82, 2.24) is 9.88 Å². The maximum Gasteiger partial charge on any atom is 0.183 e. The Labute approximate surface area is 146 Å². The van der Waals surface area contributed by atoms with Gasteiger partial charge >= 0.3 is 0 Å². The van der Waals surface area contributed by atoms with Gasteiger partial charge in [0.1, 0.15) is 0 Å². The number of nitrogens with zero attached hydrogens (tertiary/aromatic N) is 2. The van der Waals surface area contributed by atoms with Crippen molar-refractivity contribution >= 4 is 33.6 Å². The molecule has 1 aromatic heterocycles. The molecule has 1 aliphatic rings. The van der Waals surface area contributed by atoms with Gasteiger partial charge in [-0.15, -0.1) is 17.9 Å². The minimum Gasteiger partial charge on any atom is -0.357 e. The van der Waals surface area contributed by atoms with E-state index in [0.717, 1.165) is 48.4 Å². The second kappa shape index (κ2) is 7.77. The number of hydrogen-bond acceptors (Lipinski definition) is 4. The van der Waals surface area contributed by atoms with E-state index in [1.807, 2.05) is 30.3 Å². The second-order valence-corrected chi connectivity index (χ2v) is 6.84. The normalized spacial score (nSPS) is 15.3. The van der Waals surface area contributed by atoms with Crippen molar-refractivity contribution in [1.29, 1.82) is 0 Å². The van der Waals surface area contributed by atoms with Gasteiger partial charge in [-0.1, -0.05) is 35.9 Å². The lowest BCUT2D eigenvalue weighted by Crippen LogP contribution is -2.28. The average Bonchev–Trinajstić information content (AvgIpc) is 3.04. The minimum absolute atomic E-state index is 0.760. The standard InChI is InChI=1S/C18H20ClN3S/c1-2-9-22-10-7-15(8-11-22)17-13-23-18(21-17)20-12-14-3-5-16(19)6-4-14/h2-7,13H,1,8-12H2,(H,20,21). The first-order valence-electron chi connectivity index (χ1n) is 7.71. The molecule has 5 heteroatoms. The Hall–Kier alpha value is -1.62. The lowest BCUT2D eigenvalue weighted by molar-refractivity contribution is 0.334. The summed E-state index contributed by atoms with van der Waals surface area (Å²) in [6.07, 6.45) is 5.29. The van der Waals surface area contributed by atoms with Gasteiger partial charge in [-0.25, -0.2) is 4.98 Å². The first kappa shape index (κ1) is 16.2. The third-order valence-electron chi connectivity index (χ3n) is 3.87. The van der Waals surface area contributed by atoms with Crippen LogP contribution >= 0.6 is 22.9 Å². The molecule has 23 heavy (non-hydrogen) atoms. The fourth-order valence-electron chi connectivity index (χ4n) is 2.57. The molecule has 0 aliphatic carbocycles. The molecular weight excluding hydrogens is 326 g/mol. The fourth-order valence-corrected chi connectivity index (χ4v) is 3.43. The second-order valence-electron chi connectivity index (χ2n) is 5.55. The maximum atomic E-state index is 5.90. The summed E-state index contributed by atoms with van der Waals surface area (Å²) >= 11 is 7.56. The predicted octanol–water partition coefficient (Wildman–Crippen LogP) is 4.68. The number of benzene rings is 1. The molecule has 1 N–H and O–H groups in total. The molecule has 0 spiro atoms. The zero-order valence-corrected chi connectivity index (χ0v) is 14.5. The molecule has 0 saturated carbocycles. The van der Waals surface area contributed by atoms with Crippen LogP contribution in [0.3, 0.4) is 0 Å². The van der Waals surface area contributed by atoms with Crippen LogP contribution in [-0.4, -0.2) is 29.5 Å². The van der Waals surface area contributed by atoms with Gasteiger partial charge < -0.3 is 5.32 Å². The average molecular weight is 346 g/mol. The highest BCUT2D eigenvalue weighted by Gasteiger charge is 2.14. The van der Waals surface area contributed by atoms with E-state index in [1.165, 1.54) is 11.1 Å². The largest absolute Gasteiger partial charge is 0.357 e. The van der Waals surface area contributed by atoms with E-state index in [2.05, 4.69) is 28.3 Å². The Morgan fingerprint density at radius 1 is 1.35 bits per heavy atom. The van der Waals surface area contributed by atoms with Gasteiger partial charge in [0, 0.05) is 36.6 Å². The van der Waals surface area contributed by atoms with Crippen LogP contribution in [0, 0.1) is 0 Å². The van der Waals surface area contributed by atoms with Crippen molar-refractivity contribution in [3.8, 4) is 0 Å². The Morgan fingerprint density at radius 2 is 2.17 bits per heavy atom. The van der Waals surface area contributed by atoms with E-state index >= 15 is 0 Å². The van der Waals surface area contributed by atoms with Crippen LogP contribution in [0.25, 0.3) is 5.57 Å². The van der Waals surface area contributed by atoms with E-state index in [1.54, 1.807) is 11.3 Å². The fraction of sp³-hybridized carbons (Fsp3) is 0.278. The first-order valence-corrected chi connectivity index (χ1v) is 8.97. The van der Waals surface area contributed by atoms with Gasteiger partial charge in [0.05, 0.1) is 5.69 Å². The highest BCUT2D eigenvalue weighted by molar-refractivity contribution is 7.13. The lowest BCUT2D eigenvalue weighted by atomic mass is 10.1. The van der Waals surface area contributed by atoms with Gasteiger partial charge in [0.2, 0.25) is 0 Å². The summed E-state index contributed by atoms with van der Waals surface area (Å²) in [6.45, 7) is 7.56. The van der Waals surface area contributed by atoms with E-state index in [4.69, 9.17) is 16.6 Å². The van der Waals surface area contributed by atoms with Gasteiger partial charge in [-0.2, -0.15) is 0 Å². The summed E-state index contributed by atoms with van der Waals surface area (Å²) in [5, 5.41) is 7.25. The Kier molecular flexibility index (Phi) is 5.49. The van der Waals surface area contributed by atoms with Crippen LogP contribution in [0.5, 0.6) is 0 Å². The minimum atomic E-state index is 0.760. The topological polar surface area (TPSA) is 28.2 Å². The molecule has 2 aromatic rings. The third-order valence-corrected chi connectivity index (χ3v) is 4.92. The molecule has 120 valence electrons. The van der Waals surface area contributed by atoms with Gasteiger partial charge in [-0.05, 0) is 29.7 Å². The van der Waals surface area contributed by atoms with Crippen molar-refractivity contribution in [2.75, 3.05) is 25.0 Å². The molecule has 0 radical (unpaired) electrons. The molecule has 1 aliphatic heterocycles. The van der Waals surface area contributed by atoms with Crippen molar-refractivity contribution in [2.24, 2.45) is 0 Å². The number of nitrogens with one attached hydrogen (secondary N) is 1. The highest BCUT2D eigenvalue weighted by atomic mass is 35.5. The van der Waals surface area contributed by atoms with Crippen LogP contribution in [0.1, 0.15) is 17.7 Å². The molecule has 0 saturated heterocycles. The van der Waals surface area contributed by atoms with Crippen molar-refractivity contribution < 1.29 is 0 Å². The summed E-state index contributed by atoms with van der Waals surface area (Å²) in [5.41, 5.74) is 3.65. The van der Waals surface area contributed by atoms with E-state index in [9.17, 15) is 0 Å². The van der Waals surface area contributed by atoms with Crippen molar-refractivity contribution in [3.05, 3.63) is 64.7 Å². The molecule has 2 heterocycles. The molecule has 0 fully saturated rings. The predicted molar refractivity (Wildman–Crippen MR) is 100 cm³/mol. The zero-order chi connectivity index (χ0) is 16.1. The molecule has 3 rings (SSSR count). The van der Waals surface area contributed by atoms with E-state index in [0.29, 0.717) is 0 Å². The van der Waals surface area contributed by atoms with Crippen LogP contribution in [-0.2, 0) is 6.54 Å².